The summed E-state index contributed by atoms with van der Waals surface area (Å²) >= 11 is 6.75. The van der Waals surface area contributed by atoms with E-state index in [2.05, 4.69) is 69.3 Å². The van der Waals surface area contributed by atoms with Crippen molar-refractivity contribution in [1.29, 1.82) is 0 Å². The van der Waals surface area contributed by atoms with Crippen molar-refractivity contribution in [2.75, 3.05) is 0 Å². The highest BCUT2D eigenvalue weighted by Gasteiger charge is 2.37. The Morgan fingerprint density at radius 3 is 1.92 bits per heavy atom. The molecule has 0 radical (unpaired) electrons. The molecule has 0 amide bonds. The lowest BCUT2D eigenvalue weighted by Crippen LogP contribution is -2.59. The van der Waals surface area contributed by atoms with Gasteiger partial charge in [0.15, 0.2) is 0 Å². The molecule has 0 fully saturated rings. The Kier molecular flexibility index (Phi) is 8.94. The predicted octanol–water partition coefficient (Wildman–Crippen LogP) is 6.85. The van der Waals surface area contributed by atoms with E-state index in [1.54, 1.807) is 10.4 Å². The first kappa shape index (κ1) is 21.2. The van der Waals surface area contributed by atoms with Gasteiger partial charge < -0.3 is 0 Å². The summed E-state index contributed by atoms with van der Waals surface area (Å²) in [7, 11) is -1.80. The van der Waals surface area contributed by atoms with Gasteiger partial charge in [-0.25, -0.2) is 0 Å². The number of rotatable bonds is 11. The monoisotopic (exact) mass is 386 g/mol. The highest BCUT2D eigenvalue weighted by molar-refractivity contribution is 7.02. The molecule has 142 valence electrons. The van der Waals surface area contributed by atoms with Crippen LogP contribution in [0.4, 0.5) is 0 Å². The molecular formula is C24H35ClSi. The molecule has 0 aliphatic heterocycles. The van der Waals surface area contributed by atoms with Gasteiger partial charge in [0.2, 0.25) is 0 Å². The molecule has 2 rings (SSSR count). The summed E-state index contributed by atoms with van der Waals surface area (Å²) in [4.78, 5) is 0. The molecule has 0 nitrogen and oxygen atoms in total. The molecule has 0 atom stereocenters. The van der Waals surface area contributed by atoms with Gasteiger partial charge in [0, 0.05) is 5.02 Å². The molecule has 0 saturated heterocycles. The van der Waals surface area contributed by atoms with Gasteiger partial charge in [-0.05, 0) is 41.7 Å². The average Bonchev–Trinajstić information content (AvgIpc) is 2.68. The summed E-state index contributed by atoms with van der Waals surface area (Å²) in [6.45, 7) is 6.91. The zero-order chi connectivity index (χ0) is 18.8. The first-order chi connectivity index (χ1) is 12.7. The van der Waals surface area contributed by atoms with Gasteiger partial charge in [0.25, 0.3) is 0 Å². The maximum absolute atomic E-state index is 6.75. The molecule has 0 heterocycles. The van der Waals surface area contributed by atoms with Crippen LogP contribution in [0.5, 0.6) is 0 Å². The van der Waals surface area contributed by atoms with Crippen LogP contribution in [0.1, 0.15) is 64.9 Å². The summed E-state index contributed by atoms with van der Waals surface area (Å²) in [6.07, 6.45) is 8.70. The predicted molar refractivity (Wildman–Crippen MR) is 121 cm³/mol. The number of unbranched alkanes of at least 4 members (excludes halogenated alkanes) is 3. The second-order valence-corrected chi connectivity index (χ2v) is 12.2. The Morgan fingerprint density at radius 1 is 0.731 bits per heavy atom. The molecule has 0 bridgehead atoms. The Hall–Kier alpha value is -1.05. The van der Waals surface area contributed by atoms with E-state index in [1.807, 2.05) is 0 Å². The molecule has 0 saturated carbocycles. The lowest BCUT2D eigenvalue weighted by molar-refractivity contribution is 0.796. The first-order valence-electron chi connectivity index (χ1n) is 10.5. The largest absolute Gasteiger partial charge is 0.118 e. The third-order valence-corrected chi connectivity index (χ3v) is 11.4. The molecule has 2 aromatic rings. The van der Waals surface area contributed by atoms with E-state index in [0.29, 0.717) is 0 Å². The van der Waals surface area contributed by atoms with Crippen molar-refractivity contribution in [2.24, 2.45) is 0 Å². The third-order valence-electron chi connectivity index (χ3n) is 5.66. The Balaban J connectivity index is 2.64. The van der Waals surface area contributed by atoms with Crippen LogP contribution in [0.25, 0.3) is 0 Å². The van der Waals surface area contributed by atoms with Gasteiger partial charge in [0.1, 0.15) is 8.07 Å². The molecule has 2 aromatic carbocycles. The number of hydrogen-bond acceptors (Lipinski definition) is 0. The lowest BCUT2D eigenvalue weighted by Gasteiger charge is -2.35. The maximum Gasteiger partial charge on any atom is 0.118 e. The van der Waals surface area contributed by atoms with Crippen molar-refractivity contribution < 1.29 is 0 Å². The van der Waals surface area contributed by atoms with Crippen LogP contribution in [0, 0.1) is 0 Å². The van der Waals surface area contributed by atoms with Crippen LogP contribution >= 0.6 is 11.6 Å². The Labute approximate surface area is 167 Å². The zero-order valence-electron chi connectivity index (χ0n) is 16.9. The molecule has 26 heavy (non-hydrogen) atoms. The molecule has 2 heteroatoms. The first-order valence-corrected chi connectivity index (χ1v) is 13.3. The van der Waals surface area contributed by atoms with Crippen molar-refractivity contribution in [1.82, 2.24) is 0 Å². The smallest absolute Gasteiger partial charge is 0.0840 e. The molecule has 0 aromatic heterocycles. The van der Waals surface area contributed by atoms with E-state index in [9.17, 15) is 0 Å². The minimum Gasteiger partial charge on any atom is -0.0840 e. The number of halogens is 1. The minimum atomic E-state index is -1.80. The van der Waals surface area contributed by atoms with E-state index in [4.69, 9.17) is 11.6 Å². The molecule has 0 unspecified atom stereocenters. The standard InChI is InChI=1S/C24H35ClSi/c1-4-7-16-22-23(25)17-13-18-24(22)26(19-8-5-2,20-9-6-3)21-14-11-10-12-15-21/h10-15,17-18H,4-9,16,19-20H2,1-3H3. The summed E-state index contributed by atoms with van der Waals surface area (Å²) in [6, 6.07) is 20.8. The summed E-state index contributed by atoms with van der Waals surface area (Å²) in [5.41, 5.74) is 1.44. The topological polar surface area (TPSA) is 0 Å². The van der Waals surface area contributed by atoms with Crippen LogP contribution in [0.15, 0.2) is 48.5 Å². The van der Waals surface area contributed by atoms with Crippen LogP contribution in [0.3, 0.4) is 0 Å². The van der Waals surface area contributed by atoms with Gasteiger partial charge in [-0.1, -0.05) is 112 Å². The molecular weight excluding hydrogens is 352 g/mol. The minimum absolute atomic E-state index is 0.983. The Morgan fingerprint density at radius 2 is 1.35 bits per heavy atom. The lowest BCUT2D eigenvalue weighted by atomic mass is 10.1. The summed E-state index contributed by atoms with van der Waals surface area (Å²) in [5, 5.41) is 4.20. The van der Waals surface area contributed by atoms with Gasteiger partial charge in [-0.2, -0.15) is 0 Å². The van der Waals surface area contributed by atoms with Crippen molar-refractivity contribution in [2.45, 2.75) is 77.8 Å². The quantitative estimate of drug-likeness (QED) is 0.370. The second-order valence-electron chi connectivity index (χ2n) is 7.52. The average molecular weight is 387 g/mol. The fourth-order valence-corrected chi connectivity index (χ4v) is 10.2. The van der Waals surface area contributed by atoms with E-state index >= 15 is 0 Å². The summed E-state index contributed by atoms with van der Waals surface area (Å²) in [5.74, 6) is 0. The van der Waals surface area contributed by atoms with Crippen molar-refractivity contribution in [3.63, 3.8) is 0 Å². The van der Waals surface area contributed by atoms with E-state index < -0.39 is 8.07 Å². The van der Waals surface area contributed by atoms with E-state index in [-0.39, 0.29) is 0 Å². The van der Waals surface area contributed by atoms with Crippen molar-refractivity contribution in [3.8, 4) is 0 Å². The Bertz CT molecular complexity index is 643. The van der Waals surface area contributed by atoms with Crippen LogP contribution in [-0.2, 0) is 6.42 Å². The number of benzene rings is 2. The van der Waals surface area contributed by atoms with Crippen LogP contribution < -0.4 is 10.4 Å². The highest BCUT2D eigenvalue weighted by atomic mass is 35.5. The molecule has 0 aliphatic rings. The maximum atomic E-state index is 6.75. The van der Waals surface area contributed by atoms with E-state index in [0.717, 1.165) is 11.4 Å². The normalized spacial score (nSPS) is 11.7. The fourth-order valence-electron chi connectivity index (χ4n) is 4.17. The molecule has 0 N–H and O–H groups in total. The van der Waals surface area contributed by atoms with Gasteiger partial charge in [0.05, 0.1) is 0 Å². The van der Waals surface area contributed by atoms with Gasteiger partial charge in [-0.3, -0.25) is 0 Å². The number of hydrogen-bond donors (Lipinski definition) is 0. The van der Waals surface area contributed by atoms with Crippen molar-refractivity contribution >= 4 is 30.0 Å². The fraction of sp³-hybridized carbons (Fsp3) is 0.500. The highest BCUT2D eigenvalue weighted by Crippen LogP contribution is 2.27. The molecule has 0 spiro atoms. The third kappa shape index (κ3) is 5.01. The SMILES string of the molecule is CCCCc1c(Cl)cccc1[Si](CCCC)(CCCC)c1ccccc1. The van der Waals surface area contributed by atoms with Gasteiger partial charge in [-0.15, -0.1) is 0 Å². The van der Waals surface area contributed by atoms with Gasteiger partial charge >= 0.3 is 0 Å². The summed E-state index contributed by atoms with van der Waals surface area (Å²) < 4.78 is 0. The second kappa shape index (κ2) is 10.9. The zero-order valence-corrected chi connectivity index (χ0v) is 18.6. The van der Waals surface area contributed by atoms with E-state index in [1.165, 1.54) is 56.2 Å². The van der Waals surface area contributed by atoms with Crippen LogP contribution in [0.2, 0.25) is 17.1 Å². The van der Waals surface area contributed by atoms with Crippen molar-refractivity contribution in [3.05, 3.63) is 59.1 Å². The van der Waals surface area contributed by atoms with Crippen LogP contribution in [-0.4, -0.2) is 8.07 Å². The molecule has 0 aliphatic carbocycles.